The molecule has 1 nitrogen and oxygen atoms in total. The molecular formula is C18H28O. The highest BCUT2D eigenvalue weighted by molar-refractivity contribution is 5.26. The lowest BCUT2D eigenvalue weighted by Gasteiger charge is -2.39. The molecule has 1 aliphatic rings. The van der Waals surface area contributed by atoms with Gasteiger partial charge in [-0.3, -0.25) is 0 Å². The molecule has 1 fully saturated rings. The molecule has 2 rings (SSSR count). The van der Waals surface area contributed by atoms with Crippen LogP contribution in [0.1, 0.15) is 64.0 Å². The molecule has 106 valence electrons. The number of benzene rings is 1. The van der Waals surface area contributed by atoms with Crippen LogP contribution in [-0.4, -0.2) is 10.7 Å². The van der Waals surface area contributed by atoms with E-state index in [1.165, 1.54) is 11.1 Å². The van der Waals surface area contributed by atoms with Crippen LogP contribution in [0.5, 0.6) is 0 Å². The quantitative estimate of drug-likeness (QED) is 0.846. The third-order valence-electron chi connectivity index (χ3n) is 4.92. The molecule has 1 aliphatic carbocycles. The van der Waals surface area contributed by atoms with E-state index in [1.807, 2.05) is 0 Å². The molecule has 3 unspecified atom stereocenters. The molecule has 0 heterocycles. The number of aliphatic hydroxyl groups is 1. The molecule has 0 aromatic heterocycles. The molecule has 3 atom stereocenters. The van der Waals surface area contributed by atoms with Gasteiger partial charge >= 0.3 is 0 Å². The molecule has 1 heteroatoms. The average molecular weight is 260 g/mol. The topological polar surface area (TPSA) is 20.2 Å². The van der Waals surface area contributed by atoms with Crippen molar-refractivity contribution in [2.45, 2.75) is 64.9 Å². The van der Waals surface area contributed by atoms with Crippen molar-refractivity contribution in [3.05, 3.63) is 35.4 Å². The van der Waals surface area contributed by atoms with Crippen molar-refractivity contribution in [2.75, 3.05) is 0 Å². The van der Waals surface area contributed by atoms with E-state index in [0.717, 1.165) is 31.6 Å². The third-order valence-corrected chi connectivity index (χ3v) is 4.92. The fourth-order valence-corrected chi connectivity index (χ4v) is 3.24. The van der Waals surface area contributed by atoms with Gasteiger partial charge in [0, 0.05) is 6.42 Å². The molecule has 1 aromatic carbocycles. The first kappa shape index (κ1) is 14.6. The summed E-state index contributed by atoms with van der Waals surface area (Å²) < 4.78 is 0. The van der Waals surface area contributed by atoms with Gasteiger partial charge in [0.15, 0.2) is 0 Å². The van der Waals surface area contributed by atoms with E-state index in [9.17, 15) is 5.11 Å². The predicted octanol–water partition coefficient (Wildman–Crippen LogP) is 4.54. The minimum absolute atomic E-state index is 0.481. The standard InChI is InChI=1S/C18H28O/c1-13(2)17-7-5-16(6-8-17)12-18(19)10-9-14(3)15(4)11-18/h5-8,13-15,19H,9-12H2,1-4H3. The van der Waals surface area contributed by atoms with Crippen LogP contribution in [0.25, 0.3) is 0 Å². The van der Waals surface area contributed by atoms with Crippen LogP contribution < -0.4 is 0 Å². The van der Waals surface area contributed by atoms with Gasteiger partial charge in [-0.15, -0.1) is 0 Å². The second-order valence-corrected chi connectivity index (χ2v) is 6.99. The van der Waals surface area contributed by atoms with E-state index in [0.29, 0.717) is 11.8 Å². The Labute approximate surface area is 118 Å². The summed E-state index contributed by atoms with van der Waals surface area (Å²) in [5.41, 5.74) is 2.17. The van der Waals surface area contributed by atoms with Crippen LogP contribution in [0.4, 0.5) is 0 Å². The zero-order valence-electron chi connectivity index (χ0n) is 12.8. The summed E-state index contributed by atoms with van der Waals surface area (Å²) in [5, 5.41) is 10.8. The second-order valence-electron chi connectivity index (χ2n) is 6.99. The van der Waals surface area contributed by atoms with E-state index >= 15 is 0 Å². The zero-order valence-corrected chi connectivity index (χ0v) is 12.8. The second kappa shape index (κ2) is 5.66. The number of rotatable bonds is 3. The van der Waals surface area contributed by atoms with Crippen molar-refractivity contribution in [3.63, 3.8) is 0 Å². The first-order valence-electron chi connectivity index (χ1n) is 7.71. The van der Waals surface area contributed by atoms with Gasteiger partial charge in [-0.05, 0) is 48.1 Å². The molecule has 0 aliphatic heterocycles. The van der Waals surface area contributed by atoms with Crippen LogP contribution in [0.2, 0.25) is 0 Å². The summed E-state index contributed by atoms with van der Waals surface area (Å²) in [6.07, 6.45) is 3.86. The van der Waals surface area contributed by atoms with Crippen LogP contribution in [-0.2, 0) is 6.42 Å². The Morgan fingerprint density at radius 2 is 1.79 bits per heavy atom. The van der Waals surface area contributed by atoms with Gasteiger partial charge < -0.3 is 5.11 Å². The highest BCUT2D eigenvalue weighted by Crippen LogP contribution is 2.38. The third kappa shape index (κ3) is 3.60. The molecule has 1 saturated carbocycles. The van der Waals surface area contributed by atoms with Crippen molar-refractivity contribution in [1.29, 1.82) is 0 Å². The maximum atomic E-state index is 10.8. The lowest BCUT2D eigenvalue weighted by atomic mass is 9.71. The highest BCUT2D eigenvalue weighted by Gasteiger charge is 2.35. The van der Waals surface area contributed by atoms with E-state index in [4.69, 9.17) is 0 Å². The Bertz CT molecular complexity index is 406. The Hall–Kier alpha value is -0.820. The Morgan fingerprint density at radius 1 is 1.16 bits per heavy atom. The summed E-state index contributed by atoms with van der Waals surface area (Å²) in [6.45, 7) is 9.01. The van der Waals surface area contributed by atoms with Gasteiger partial charge in [0.05, 0.1) is 5.60 Å². The summed E-state index contributed by atoms with van der Waals surface area (Å²) in [6, 6.07) is 8.79. The maximum absolute atomic E-state index is 10.8. The zero-order chi connectivity index (χ0) is 14.0. The molecule has 0 bridgehead atoms. The summed E-state index contributed by atoms with van der Waals surface area (Å²) in [4.78, 5) is 0. The van der Waals surface area contributed by atoms with Gasteiger partial charge in [-0.1, -0.05) is 52.0 Å². The normalized spacial score (nSPS) is 31.7. The molecule has 1 N–H and O–H groups in total. The van der Waals surface area contributed by atoms with Gasteiger partial charge in [0.2, 0.25) is 0 Å². The fourth-order valence-electron chi connectivity index (χ4n) is 3.24. The molecule has 0 radical (unpaired) electrons. The minimum atomic E-state index is -0.481. The predicted molar refractivity (Wildman–Crippen MR) is 81.4 cm³/mol. The molecule has 0 saturated heterocycles. The van der Waals surface area contributed by atoms with Gasteiger partial charge in [0.1, 0.15) is 0 Å². The Balaban J connectivity index is 2.04. The summed E-state index contributed by atoms with van der Waals surface area (Å²) in [5.74, 6) is 1.96. The first-order valence-corrected chi connectivity index (χ1v) is 7.71. The molecule has 0 amide bonds. The van der Waals surface area contributed by atoms with E-state index in [1.54, 1.807) is 0 Å². The largest absolute Gasteiger partial charge is 0.390 e. The van der Waals surface area contributed by atoms with Crippen LogP contribution in [0, 0.1) is 11.8 Å². The number of hydrogen-bond acceptors (Lipinski definition) is 1. The van der Waals surface area contributed by atoms with Crippen LogP contribution in [0.15, 0.2) is 24.3 Å². The van der Waals surface area contributed by atoms with E-state index in [-0.39, 0.29) is 0 Å². The SMILES string of the molecule is CC(C)c1ccc(CC2(O)CCC(C)C(C)C2)cc1. The first-order chi connectivity index (χ1) is 8.89. The van der Waals surface area contributed by atoms with Gasteiger partial charge in [0.25, 0.3) is 0 Å². The molecule has 1 aromatic rings. The lowest BCUT2D eigenvalue weighted by molar-refractivity contribution is -0.0279. The van der Waals surface area contributed by atoms with Crippen LogP contribution in [0.3, 0.4) is 0 Å². The van der Waals surface area contributed by atoms with Gasteiger partial charge in [-0.25, -0.2) is 0 Å². The van der Waals surface area contributed by atoms with Crippen molar-refractivity contribution in [2.24, 2.45) is 11.8 Å². The van der Waals surface area contributed by atoms with Crippen molar-refractivity contribution >= 4 is 0 Å². The minimum Gasteiger partial charge on any atom is -0.390 e. The van der Waals surface area contributed by atoms with E-state index < -0.39 is 5.60 Å². The van der Waals surface area contributed by atoms with Crippen LogP contribution >= 0.6 is 0 Å². The van der Waals surface area contributed by atoms with Gasteiger partial charge in [-0.2, -0.15) is 0 Å². The van der Waals surface area contributed by atoms with Crippen molar-refractivity contribution in [3.8, 4) is 0 Å². The molecular weight excluding hydrogens is 232 g/mol. The highest BCUT2D eigenvalue weighted by atomic mass is 16.3. The summed E-state index contributed by atoms with van der Waals surface area (Å²) >= 11 is 0. The monoisotopic (exact) mass is 260 g/mol. The Kier molecular flexibility index (Phi) is 4.35. The molecule has 0 spiro atoms. The lowest BCUT2D eigenvalue weighted by Crippen LogP contribution is -2.39. The summed E-state index contributed by atoms with van der Waals surface area (Å²) in [7, 11) is 0. The van der Waals surface area contributed by atoms with Crippen molar-refractivity contribution in [1.82, 2.24) is 0 Å². The molecule has 19 heavy (non-hydrogen) atoms. The van der Waals surface area contributed by atoms with E-state index in [2.05, 4.69) is 52.0 Å². The Morgan fingerprint density at radius 3 is 2.32 bits per heavy atom. The smallest absolute Gasteiger partial charge is 0.0690 e. The maximum Gasteiger partial charge on any atom is 0.0690 e. The number of hydrogen-bond donors (Lipinski definition) is 1. The fraction of sp³-hybridized carbons (Fsp3) is 0.667. The average Bonchev–Trinajstić information content (AvgIpc) is 2.35. The van der Waals surface area contributed by atoms with Crippen molar-refractivity contribution < 1.29 is 5.11 Å².